The number of hydrogen-bond acceptors (Lipinski definition) is 4. The monoisotopic (exact) mass is 473 g/mol. The van der Waals surface area contributed by atoms with E-state index in [1.165, 1.54) is 29.2 Å². The Bertz CT molecular complexity index is 1270. The first-order valence-corrected chi connectivity index (χ1v) is 11.5. The molecule has 5 nitrogen and oxygen atoms in total. The highest BCUT2D eigenvalue weighted by Gasteiger charge is 2.47. The van der Waals surface area contributed by atoms with E-state index < -0.39 is 23.5 Å². The summed E-state index contributed by atoms with van der Waals surface area (Å²) in [6.07, 6.45) is 0. The van der Waals surface area contributed by atoms with Gasteiger partial charge in [-0.25, -0.2) is 4.39 Å². The molecular formula is C29H28FNO4. The van der Waals surface area contributed by atoms with Crippen LogP contribution < -0.4 is 9.64 Å². The predicted octanol–water partition coefficient (Wildman–Crippen LogP) is 6.15. The molecule has 1 fully saturated rings. The minimum atomic E-state index is -0.855. The average molecular weight is 474 g/mol. The zero-order chi connectivity index (χ0) is 25.3. The predicted molar refractivity (Wildman–Crippen MR) is 134 cm³/mol. The Morgan fingerprint density at radius 3 is 2.09 bits per heavy atom. The fourth-order valence-corrected chi connectivity index (χ4v) is 4.21. The fraction of sp³-hybridized carbons (Fsp3) is 0.241. The summed E-state index contributed by atoms with van der Waals surface area (Å²) in [5, 5.41) is 11.1. The van der Waals surface area contributed by atoms with Gasteiger partial charge in [0.25, 0.3) is 11.7 Å². The molecule has 1 atom stereocenters. The van der Waals surface area contributed by atoms with E-state index in [0.717, 1.165) is 5.56 Å². The van der Waals surface area contributed by atoms with Gasteiger partial charge in [-0.15, -0.1) is 0 Å². The summed E-state index contributed by atoms with van der Waals surface area (Å²) < 4.78 is 19.0. The number of aliphatic hydroxyl groups excluding tert-OH is 1. The molecule has 1 unspecified atom stereocenters. The smallest absolute Gasteiger partial charge is 0.300 e. The molecular weight excluding hydrogens is 445 g/mol. The van der Waals surface area contributed by atoms with Gasteiger partial charge < -0.3 is 9.84 Å². The third kappa shape index (κ3) is 4.69. The summed E-state index contributed by atoms with van der Waals surface area (Å²) in [4.78, 5) is 27.9. The summed E-state index contributed by atoms with van der Waals surface area (Å²) in [5.41, 5.74) is 2.40. The molecule has 1 saturated heterocycles. The molecule has 1 amide bonds. The summed E-state index contributed by atoms with van der Waals surface area (Å²) in [7, 11) is 0. The van der Waals surface area contributed by atoms with Gasteiger partial charge in [0.15, 0.2) is 0 Å². The molecule has 35 heavy (non-hydrogen) atoms. The van der Waals surface area contributed by atoms with Crippen molar-refractivity contribution in [3.8, 4) is 5.75 Å². The number of nitrogens with zero attached hydrogens (tertiary/aromatic N) is 1. The molecule has 0 spiro atoms. The first kappa shape index (κ1) is 24.2. The third-order valence-corrected chi connectivity index (χ3v) is 6.08. The second-order valence-electron chi connectivity index (χ2n) is 9.47. The first-order valence-electron chi connectivity index (χ1n) is 11.5. The molecule has 6 heteroatoms. The summed E-state index contributed by atoms with van der Waals surface area (Å²) >= 11 is 0. The van der Waals surface area contributed by atoms with E-state index in [2.05, 4.69) is 20.8 Å². The molecule has 0 aromatic heterocycles. The number of benzene rings is 3. The van der Waals surface area contributed by atoms with Crippen molar-refractivity contribution in [3.63, 3.8) is 0 Å². The number of halogens is 1. The summed E-state index contributed by atoms with van der Waals surface area (Å²) in [6, 6.07) is 18.9. The highest BCUT2D eigenvalue weighted by molar-refractivity contribution is 6.51. The SMILES string of the molecule is CCOc1ccc(N2C(=O)C(=O)/C(=C(\O)c3ccc(F)cc3)C2c2ccc(C(C)(C)C)cc2)cc1. The lowest BCUT2D eigenvalue weighted by molar-refractivity contribution is -0.132. The van der Waals surface area contributed by atoms with Crippen LogP contribution in [0.2, 0.25) is 0 Å². The number of aliphatic hydroxyl groups is 1. The third-order valence-electron chi connectivity index (χ3n) is 6.08. The van der Waals surface area contributed by atoms with Gasteiger partial charge in [-0.1, -0.05) is 45.0 Å². The summed E-state index contributed by atoms with van der Waals surface area (Å²) in [6.45, 7) is 8.68. The normalized spacial score (nSPS) is 17.6. The molecule has 0 radical (unpaired) electrons. The summed E-state index contributed by atoms with van der Waals surface area (Å²) in [5.74, 6) is -1.72. The van der Waals surface area contributed by atoms with Crippen molar-refractivity contribution >= 4 is 23.1 Å². The quantitative estimate of drug-likeness (QED) is 0.274. The minimum Gasteiger partial charge on any atom is -0.507 e. The molecule has 3 aromatic rings. The minimum absolute atomic E-state index is 0.0426. The van der Waals surface area contributed by atoms with Crippen LogP contribution in [-0.4, -0.2) is 23.4 Å². The van der Waals surface area contributed by atoms with Crippen molar-refractivity contribution in [2.45, 2.75) is 39.2 Å². The van der Waals surface area contributed by atoms with Crippen LogP contribution in [0.3, 0.4) is 0 Å². The van der Waals surface area contributed by atoms with Crippen molar-refractivity contribution in [1.82, 2.24) is 0 Å². The Labute approximate surface area is 204 Å². The van der Waals surface area contributed by atoms with Gasteiger partial charge >= 0.3 is 0 Å². The maximum atomic E-state index is 13.5. The Kier molecular flexibility index (Phi) is 6.48. The largest absolute Gasteiger partial charge is 0.507 e. The maximum absolute atomic E-state index is 13.5. The van der Waals surface area contributed by atoms with E-state index in [-0.39, 0.29) is 22.3 Å². The lowest BCUT2D eigenvalue weighted by Crippen LogP contribution is -2.29. The van der Waals surface area contributed by atoms with Gasteiger partial charge in [0.05, 0.1) is 18.2 Å². The lowest BCUT2D eigenvalue weighted by atomic mass is 9.85. The molecule has 1 aliphatic rings. The van der Waals surface area contributed by atoms with Crippen molar-refractivity contribution in [3.05, 3.63) is 101 Å². The maximum Gasteiger partial charge on any atom is 0.300 e. The van der Waals surface area contributed by atoms with Crippen LogP contribution in [0, 0.1) is 5.82 Å². The Morgan fingerprint density at radius 2 is 1.54 bits per heavy atom. The molecule has 3 aromatic carbocycles. The second kappa shape index (κ2) is 9.37. The Balaban J connectivity index is 1.88. The topological polar surface area (TPSA) is 66.8 Å². The van der Waals surface area contributed by atoms with Gasteiger partial charge in [-0.3, -0.25) is 14.5 Å². The molecule has 0 bridgehead atoms. The van der Waals surface area contributed by atoms with Crippen molar-refractivity contribution in [2.24, 2.45) is 0 Å². The molecule has 4 rings (SSSR count). The van der Waals surface area contributed by atoms with E-state index in [1.54, 1.807) is 24.3 Å². The van der Waals surface area contributed by atoms with Crippen LogP contribution >= 0.6 is 0 Å². The van der Waals surface area contributed by atoms with E-state index in [4.69, 9.17) is 4.74 Å². The van der Waals surface area contributed by atoms with Gasteiger partial charge in [0.2, 0.25) is 0 Å². The number of carbonyl (C=O) groups excluding carboxylic acids is 2. The van der Waals surface area contributed by atoms with E-state index in [9.17, 15) is 19.1 Å². The van der Waals surface area contributed by atoms with Crippen LogP contribution in [0.15, 0.2) is 78.4 Å². The molecule has 1 aliphatic heterocycles. The van der Waals surface area contributed by atoms with Gasteiger partial charge in [-0.2, -0.15) is 0 Å². The molecule has 1 heterocycles. The van der Waals surface area contributed by atoms with Crippen LogP contribution in [0.4, 0.5) is 10.1 Å². The van der Waals surface area contributed by atoms with Crippen molar-refractivity contribution in [2.75, 3.05) is 11.5 Å². The zero-order valence-corrected chi connectivity index (χ0v) is 20.2. The average Bonchev–Trinajstić information content (AvgIpc) is 3.10. The van der Waals surface area contributed by atoms with Gasteiger partial charge in [-0.05, 0) is 72.0 Å². The van der Waals surface area contributed by atoms with Gasteiger partial charge in [0.1, 0.15) is 17.3 Å². The Morgan fingerprint density at radius 1 is 0.943 bits per heavy atom. The molecule has 180 valence electrons. The van der Waals surface area contributed by atoms with E-state index in [1.807, 2.05) is 31.2 Å². The van der Waals surface area contributed by atoms with Crippen molar-refractivity contribution < 1.29 is 23.8 Å². The first-order chi connectivity index (χ1) is 16.6. The number of rotatable bonds is 5. The number of ether oxygens (including phenoxy) is 1. The molecule has 1 N–H and O–H groups in total. The highest BCUT2D eigenvalue weighted by atomic mass is 19.1. The van der Waals surface area contributed by atoms with Crippen molar-refractivity contribution in [1.29, 1.82) is 0 Å². The number of Topliss-reactive ketones (excluding diaryl/α,β-unsaturated/α-hetero) is 1. The fourth-order valence-electron chi connectivity index (χ4n) is 4.21. The van der Waals surface area contributed by atoms with Crippen LogP contribution in [0.25, 0.3) is 5.76 Å². The number of hydrogen-bond donors (Lipinski definition) is 1. The highest BCUT2D eigenvalue weighted by Crippen LogP contribution is 2.42. The zero-order valence-electron chi connectivity index (χ0n) is 20.2. The van der Waals surface area contributed by atoms with Crippen LogP contribution in [0.5, 0.6) is 5.75 Å². The number of anilines is 1. The molecule has 0 saturated carbocycles. The van der Waals surface area contributed by atoms with E-state index in [0.29, 0.717) is 23.6 Å². The number of ketones is 1. The lowest BCUT2D eigenvalue weighted by Gasteiger charge is -2.26. The number of carbonyl (C=O) groups is 2. The molecule has 0 aliphatic carbocycles. The van der Waals surface area contributed by atoms with Crippen LogP contribution in [-0.2, 0) is 15.0 Å². The Hall–Kier alpha value is -3.93. The second-order valence-corrected chi connectivity index (χ2v) is 9.47. The number of amides is 1. The van der Waals surface area contributed by atoms with E-state index >= 15 is 0 Å². The van der Waals surface area contributed by atoms with Gasteiger partial charge in [0, 0.05) is 11.3 Å². The van der Waals surface area contributed by atoms with Crippen LogP contribution in [0.1, 0.15) is 50.4 Å². The standard InChI is InChI=1S/C29H28FNO4/c1-5-35-23-16-14-22(15-17-23)31-25(18-6-10-20(11-7-18)29(2,3)4)24(27(33)28(31)34)26(32)19-8-12-21(30)13-9-19/h6-17,25,32H,5H2,1-4H3/b26-24-.